The van der Waals surface area contributed by atoms with Crippen LogP contribution in [0.2, 0.25) is 0 Å². The summed E-state index contributed by atoms with van der Waals surface area (Å²) >= 11 is 1.50. The summed E-state index contributed by atoms with van der Waals surface area (Å²) in [5.41, 5.74) is 2.15. The average molecular weight is 387 g/mol. The van der Waals surface area contributed by atoms with E-state index in [1.807, 2.05) is 24.3 Å². The summed E-state index contributed by atoms with van der Waals surface area (Å²) < 4.78 is 15.7. The molecule has 1 aromatic heterocycles. The highest BCUT2D eigenvalue weighted by Gasteiger charge is 2.18. The molecule has 0 saturated heterocycles. The van der Waals surface area contributed by atoms with Gasteiger partial charge in [-0.2, -0.15) is 0 Å². The van der Waals surface area contributed by atoms with Crippen molar-refractivity contribution in [2.24, 2.45) is 0 Å². The van der Waals surface area contributed by atoms with Crippen molar-refractivity contribution in [1.29, 1.82) is 0 Å². The summed E-state index contributed by atoms with van der Waals surface area (Å²) in [4.78, 5) is 26.1. The summed E-state index contributed by atoms with van der Waals surface area (Å²) in [7, 11) is 0. The second-order valence-electron chi connectivity index (χ2n) is 6.66. The molecule has 27 heavy (non-hydrogen) atoms. The van der Waals surface area contributed by atoms with E-state index in [0.29, 0.717) is 22.9 Å². The quantitative estimate of drug-likeness (QED) is 0.630. The van der Waals surface area contributed by atoms with E-state index >= 15 is 0 Å². The number of aryl methyl sites for hydroxylation is 2. The van der Waals surface area contributed by atoms with Crippen molar-refractivity contribution in [3.63, 3.8) is 0 Å². The first kappa shape index (κ1) is 17.9. The Labute approximate surface area is 161 Å². The summed E-state index contributed by atoms with van der Waals surface area (Å²) in [5.74, 6) is 0.615. The molecule has 1 amide bonds. The Morgan fingerprint density at radius 3 is 2.85 bits per heavy atom. The minimum atomic E-state index is -0.425. The molecule has 0 fully saturated rings. The molecular formula is C20H21NO5S. The van der Waals surface area contributed by atoms with Crippen molar-refractivity contribution in [3.05, 3.63) is 45.1 Å². The molecule has 1 aromatic carbocycles. The normalized spacial score (nSPS) is 15.0. The maximum absolute atomic E-state index is 12.2. The number of rotatable bonds is 5. The van der Waals surface area contributed by atoms with Crippen LogP contribution in [0.5, 0.6) is 11.5 Å². The van der Waals surface area contributed by atoms with E-state index in [4.69, 9.17) is 14.2 Å². The highest BCUT2D eigenvalue weighted by Crippen LogP contribution is 2.32. The highest BCUT2D eigenvalue weighted by molar-refractivity contribution is 7.14. The Morgan fingerprint density at radius 1 is 1.07 bits per heavy atom. The van der Waals surface area contributed by atoms with Gasteiger partial charge >= 0.3 is 5.97 Å². The number of fused-ring (bicyclic) bond motifs is 2. The van der Waals surface area contributed by atoms with Crippen molar-refractivity contribution in [1.82, 2.24) is 5.32 Å². The predicted octanol–water partition coefficient (Wildman–Crippen LogP) is 3.22. The lowest BCUT2D eigenvalue weighted by molar-refractivity contribution is -0.124. The highest BCUT2D eigenvalue weighted by atomic mass is 32.1. The van der Waals surface area contributed by atoms with Crippen LogP contribution in [-0.4, -0.2) is 25.3 Å². The number of hydrogen-bond acceptors (Lipinski definition) is 6. The Bertz CT molecular complexity index is 837. The van der Waals surface area contributed by atoms with Gasteiger partial charge in [0.1, 0.15) is 4.88 Å². The van der Waals surface area contributed by atoms with Gasteiger partial charge in [-0.15, -0.1) is 11.3 Å². The lowest BCUT2D eigenvalue weighted by atomic mass is 10.1. The van der Waals surface area contributed by atoms with Crippen molar-refractivity contribution < 1.29 is 23.8 Å². The lowest BCUT2D eigenvalue weighted by Crippen LogP contribution is -2.28. The van der Waals surface area contributed by atoms with Crippen LogP contribution in [0.25, 0.3) is 0 Å². The predicted molar refractivity (Wildman–Crippen MR) is 100 cm³/mol. The molecule has 142 valence electrons. The maximum Gasteiger partial charge on any atom is 0.348 e. The molecule has 0 saturated carbocycles. The van der Waals surface area contributed by atoms with Gasteiger partial charge < -0.3 is 19.5 Å². The lowest BCUT2D eigenvalue weighted by Gasteiger charge is -2.07. The zero-order valence-corrected chi connectivity index (χ0v) is 15.7. The molecule has 0 radical (unpaired) electrons. The first-order valence-electron chi connectivity index (χ1n) is 9.13. The van der Waals surface area contributed by atoms with Crippen molar-refractivity contribution >= 4 is 23.2 Å². The van der Waals surface area contributed by atoms with Crippen molar-refractivity contribution in [3.8, 4) is 11.5 Å². The van der Waals surface area contributed by atoms with Crippen LogP contribution in [0.15, 0.2) is 24.3 Å². The fourth-order valence-corrected chi connectivity index (χ4v) is 4.42. The van der Waals surface area contributed by atoms with Gasteiger partial charge in [0.15, 0.2) is 18.1 Å². The second-order valence-corrected chi connectivity index (χ2v) is 7.80. The molecule has 0 atom stereocenters. The second kappa shape index (κ2) is 8.00. The Kier molecular flexibility index (Phi) is 5.29. The summed E-state index contributed by atoms with van der Waals surface area (Å²) in [5, 5.41) is 2.75. The summed E-state index contributed by atoms with van der Waals surface area (Å²) in [6, 6.07) is 7.43. The number of thiophene rings is 1. The molecule has 1 aliphatic heterocycles. The van der Waals surface area contributed by atoms with Crippen LogP contribution in [0, 0.1) is 0 Å². The SMILES string of the molecule is O=C(COC(=O)c1cc2c(s1)CCCCC2)NCc1ccc2c(c1)OCO2. The van der Waals surface area contributed by atoms with Crippen molar-refractivity contribution in [2.45, 2.75) is 38.6 Å². The third kappa shape index (κ3) is 4.24. The number of hydrogen-bond donors (Lipinski definition) is 1. The summed E-state index contributed by atoms with van der Waals surface area (Å²) in [6.07, 6.45) is 5.63. The van der Waals surface area contributed by atoms with Gasteiger partial charge in [-0.05, 0) is 55.0 Å². The number of nitrogens with one attached hydrogen (secondary N) is 1. The number of esters is 1. The van der Waals surface area contributed by atoms with Crippen molar-refractivity contribution in [2.75, 3.05) is 13.4 Å². The molecule has 1 aliphatic carbocycles. The van der Waals surface area contributed by atoms with Gasteiger partial charge in [0.05, 0.1) is 0 Å². The smallest absolute Gasteiger partial charge is 0.348 e. The van der Waals surface area contributed by atoms with Gasteiger partial charge in [0.2, 0.25) is 6.79 Å². The van der Waals surface area contributed by atoms with E-state index in [9.17, 15) is 9.59 Å². The topological polar surface area (TPSA) is 73.9 Å². The van der Waals surface area contributed by atoms with Crippen LogP contribution in [-0.2, 0) is 28.9 Å². The minimum Gasteiger partial charge on any atom is -0.454 e. The van der Waals surface area contributed by atoms with E-state index in [0.717, 1.165) is 18.4 Å². The van der Waals surface area contributed by atoms with Gasteiger partial charge in [-0.25, -0.2) is 4.79 Å². The number of ether oxygens (including phenoxy) is 3. The third-order valence-corrected chi connectivity index (χ3v) is 5.93. The van der Waals surface area contributed by atoms with Gasteiger partial charge in [-0.3, -0.25) is 4.79 Å². The van der Waals surface area contributed by atoms with E-state index in [1.54, 1.807) is 0 Å². The van der Waals surface area contributed by atoms with Crippen LogP contribution >= 0.6 is 11.3 Å². The maximum atomic E-state index is 12.2. The zero-order valence-electron chi connectivity index (χ0n) is 14.9. The molecule has 0 unspecified atom stereocenters. The fourth-order valence-electron chi connectivity index (χ4n) is 3.27. The Morgan fingerprint density at radius 2 is 1.93 bits per heavy atom. The number of carbonyl (C=O) groups is 2. The van der Waals surface area contributed by atoms with E-state index < -0.39 is 5.97 Å². The largest absolute Gasteiger partial charge is 0.454 e. The first-order valence-corrected chi connectivity index (χ1v) is 9.94. The standard InChI is InChI=1S/C20H21NO5S/c22-19(21-10-13-6-7-15-16(8-13)26-12-25-15)11-24-20(23)18-9-14-4-2-1-3-5-17(14)27-18/h6-9H,1-5,10-12H2,(H,21,22). The molecule has 7 heteroatoms. The molecule has 1 N–H and O–H groups in total. The minimum absolute atomic E-state index is 0.216. The van der Waals surface area contributed by atoms with Gasteiger partial charge in [-0.1, -0.05) is 12.5 Å². The van der Waals surface area contributed by atoms with Crippen LogP contribution in [0.4, 0.5) is 0 Å². The van der Waals surface area contributed by atoms with Gasteiger partial charge in [0.25, 0.3) is 5.91 Å². The zero-order chi connectivity index (χ0) is 18.6. The van der Waals surface area contributed by atoms with Gasteiger partial charge in [0, 0.05) is 11.4 Å². The van der Waals surface area contributed by atoms with Crippen LogP contribution in [0.3, 0.4) is 0 Å². The Hall–Kier alpha value is -2.54. The van der Waals surface area contributed by atoms with Crippen LogP contribution < -0.4 is 14.8 Å². The average Bonchev–Trinajstić information content (AvgIpc) is 3.25. The summed E-state index contributed by atoms with van der Waals surface area (Å²) in [6.45, 7) is 0.263. The molecule has 2 aliphatic rings. The molecule has 0 bridgehead atoms. The molecule has 6 nitrogen and oxygen atoms in total. The molecule has 0 spiro atoms. The third-order valence-electron chi connectivity index (χ3n) is 4.71. The number of benzene rings is 1. The molecule has 4 rings (SSSR count). The molecule has 2 heterocycles. The van der Waals surface area contributed by atoms with E-state index in [-0.39, 0.29) is 19.3 Å². The first-order chi connectivity index (χ1) is 13.2. The van der Waals surface area contributed by atoms with E-state index in [2.05, 4.69) is 5.32 Å². The molecule has 2 aromatic rings. The number of amides is 1. The van der Waals surface area contributed by atoms with E-state index in [1.165, 1.54) is 41.0 Å². The van der Waals surface area contributed by atoms with Crippen LogP contribution in [0.1, 0.15) is 44.9 Å². The monoisotopic (exact) mass is 387 g/mol. The number of carbonyl (C=O) groups excluding carboxylic acids is 2. The molecular weight excluding hydrogens is 366 g/mol. The Balaban J connectivity index is 1.26. The fraction of sp³-hybridized carbons (Fsp3) is 0.400.